The topological polar surface area (TPSA) is 4.93 Å². The van der Waals surface area contributed by atoms with E-state index in [0.717, 1.165) is 5.69 Å². The first-order valence-corrected chi connectivity index (χ1v) is 21.0. The van der Waals surface area contributed by atoms with Gasteiger partial charge in [-0.2, -0.15) is 0 Å². The molecule has 0 bridgehead atoms. The van der Waals surface area contributed by atoms with Crippen LogP contribution < -0.4 is 0 Å². The van der Waals surface area contributed by atoms with E-state index in [1.165, 1.54) is 110 Å². The summed E-state index contributed by atoms with van der Waals surface area (Å²) in [7, 11) is 0. The zero-order chi connectivity index (χ0) is 40.0. The molecule has 1 heteroatoms. The second-order valence-corrected chi connectivity index (χ2v) is 16.9. The van der Waals surface area contributed by atoms with Crippen LogP contribution in [0.25, 0.3) is 105 Å². The van der Waals surface area contributed by atoms with Crippen molar-refractivity contribution < 1.29 is 0 Å². The lowest BCUT2D eigenvalue weighted by molar-refractivity contribution is 0.660. The van der Waals surface area contributed by atoms with E-state index in [0.29, 0.717) is 0 Å². The molecule has 0 saturated heterocycles. The molecular formula is C59H41N. The first kappa shape index (κ1) is 34.6. The third-order valence-corrected chi connectivity index (χ3v) is 13.2. The first-order valence-electron chi connectivity index (χ1n) is 21.0. The smallest absolute Gasteiger partial charge is 0.0541 e. The average Bonchev–Trinajstić information content (AvgIpc) is 3.76. The molecule has 60 heavy (non-hydrogen) atoms. The summed E-state index contributed by atoms with van der Waals surface area (Å²) in [5.74, 6) is 0. The normalized spacial score (nSPS) is 13.0. The van der Waals surface area contributed by atoms with Crippen molar-refractivity contribution in [3.05, 3.63) is 223 Å². The minimum Gasteiger partial charge on any atom is -0.309 e. The van der Waals surface area contributed by atoms with Crippen molar-refractivity contribution in [2.45, 2.75) is 19.3 Å². The maximum Gasteiger partial charge on any atom is 0.0541 e. The lowest BCUT2D eigenvalue weighted by atomic mass is 9.80. The Labute approximate surface area is 350 Å². The summed E-state index contributed by atoms with van der Waals surface area (Å²) in [6, 6.07) is 78.7. The van der Waals surface area contributed by atoms with Crippen LogP contribution in [-0.2, 0) is 5.41 Å². The molecule has 0 aliphatic heterocycles. The molecule has 1 aromatic heterocycles. The Kier molecular flexibility index (Phi) is 7.65. The molecule has 0 amide bonds. The van der Waals surface area contributed by atoms with Gasteiger partial charge in [0.1, 0.15) is 0 Å². The Morgan fingerprint density at radius 3 is 1.38 bits per heavy atom. The van der Waals surface area contributed by atoms with Gasteiger partial charge in [-0.1, -0.05) is 184 Å². The summed E-state index contributed by atoms with van der Waals surface area (Å²) in [6.45, 7) is 4.74. The maximum absolute atomic E-state index is 2.47. The highest BCUT2D eigenvalue weighted by atomic mass is 15.0. The Balaban J connectivity index is 1.08. The Morgan fingerprint density at radius 2 is 0.767 bits per heavy atom. The van der Waals surface area contributed by atoms with Crippen LogP contribution in [0.1, 0.15) is 25.0 Å². The van der Waals surface area contributed by atoms with E-state index in [4.69, 9.17) is 0 Å². The molecule has 0 saturated carbocycles. The van der Waals surface area contributed by atoms with Crippen LogP contribution >= 0.6 is 0 Å². The van der Waals surface area contributed by atoms with Crippen molar-refractivity contribution in [1.29, 1.82) is 0 Å². The third-order valence-electron chi connectivity index (χ3n) is 13.2. The average molecular weight is 764 g/mol. The summed E-state index contributed by atoms with van der Waals surface area (Å²) in [6.07, 6.45) is 0. The second kappa shape index (κ2) is 13.3. The molecular weight excluding hydrogens is 723 g/mol. The Bertz CT molecular complexity index is 3380. The van der Waals surface area contributed by atoms with E-state index >= 15 is 0 Å². The number of hydrogen-bond acceptors (Lipinski definition) is 0. The highest BCUT2D eigenvalue weighted by Crippen LogP contribution is 2.51. The van der Waals surface area contributed by atoms with Crippen molar-refractivity contribution in [2.75, 3.05) is 0 Å². The quantitative estimate of drug-likeness (QED) is 0.154. The number of hydrogen-bond donors (Lipinski definition) is 0. The summed E-state index contributed by atoms with van der Waals surface area (Å²) >= 11 is 0. The van der Waals surface area contributed by atoms with Crippen LogP contribution in [-0.4, -0.2) is 4.57 Å². The van der Waals surface area contributed by atoms with Gasteiger partial charge < -0.3 is 4.57 Å². The van der Waals surface area contributed by atoms with Gasteiger partial charge >= 0.3 is 0 Å². The van der Waals surface area contributed by atoms with Gasteiger partial charge in [0.15, 0.2) is 0 Å². The minimum absolute atomic E-state index is 0.0753. The fraction of sp³-hybridized carbons (Fsp3) is 0.0508. The fourth-order valence-corrected chi connectivity index (χ4v) is 10.4. The molecule has 0 atom stereocenters. The molecule has 1 aliphatic carbocycles. The standard InChI is InChI=1S/C59H41N/c1-59(2)53-27-15-13-21-45(53)46-31-29-41(37-54(46)59)58-50-25-11-9-23-48(50)57(49-24-10-12-26-51(49)58)40-30-32-56-52(36-40)47-22-14-16-28-55(47)60(56)44-34-42(38-17-5-3-6-18-38)33-43(35-44)39-19-7-4-8-20-39/h3-37H,1-2H3. The number of nitrogens with zero attached hydrogens (tertiary/aromatic N) is 1. The summed E-state index contributed by atoms with van der Waals surface area (Å²) in [5, 5.41) is 7.56. The maximum atomic E-state index is 2.47. The monoisotopic (exact) mass is 763 g/mol. The molecule has 1 nitrogen and oxygen atoms in total. The zero-order valence-electron chi connectivity index (χ0n) is 33.7. The molecule has 10 aromatic carbocycles. The second-order valence-electron chi connectivity index (χ2n) is 16.9. The predicted octanol–water partition coefficient (Wildman–Crippen LogP) is 16.1. The van der Waals surface area contributed by atoms with Gasteiger partial charge in [-0.3, -0.25) is 0 Å². The number of para-hydroxylation sites is 1. The first-order chi connectivity index (χ1) is 29.5. The van der Waals surface area contributed by atoms with E-state index in [2.05, 4.69) is 231 Å². The number of benzene rings is 10. The molecule has 12 rings (SSSR count). The molecule has 282 valence electrons. The highest BCUT2D eigenvalue weighted by Gasteiger charge is 2.35. The van der Waals surface area contributed by atoms with Crippen molar-refractivity contribution in [3.63, 3.8) is 0 Å². The van der Waals surface area contributed by atoms with Crippen molar-refractivity contribution in [1.82, 2.24) is 4.57 Å². The lowest BCUT2D eigenvalue weighted by Gasteiger charge is -2.23. The number of fused-ring (bicyclic) bond motifs is 8. The molecule has 0 fully saturated rings. The van der Waals surface area contributed by atoms with E-state index in [-0.39, 0.29) is 5.41 Å². The fourth-order valence-electron chi connectivity index (χ4n) is 10.4. The van der Waals surface area contributed by atoms with Gasteiger partial charge in [0, 0.05) is 21.9 Å². The predicted molar refractivity (Wildman–Crippen MR) is 255 cm³/mol. The van der Waals surface area contributed by atoms with Crippen LogP contribution in [0.5, 0.6) is 0 Å². The lowest BCUT2D eigenvalue weighted by Crippen LogP contribution is -2.14. The van der Waals surface area contributed by atoms with E-state index in [1.54, 1.807) is 0 Å². The summed E-state index contributed by atoms with van der Waals surface area (Å²) in [4.78, 5) is 0. The Morgan fingerprint density at radius 1 is 0.300 bits per heavy atom. The van der Waals surface area contributed by atoms with Gasteiger partial charge in [-0.05, 0) is 131 Å². The van der Waals surface area contributed by atoms with Crippen LogP contribution in [0.15, 0.2) is 212 Å². The molecule has 11 aromatic rings. The van der Waals surface area contributed by atoms with Gasteiger partial charge in [0.25, 0.3) is 0 Å². The SMILES string of the molecule is CC1(C)c2ccccc2-c2ccc(-c3c4ccccc4c(-c4ccc5c(c4)c4ccccc4n5-c4cc(-c5ccccc5)cc(-c5ccccc5)c4)c4ccccc34)cc21. The van der Waals surface area contributed by atoms with Gasteiger partial charge in [0.2, 0.25) is 0 Å². The largest absolute Gasteiger partial charge is 0.309 e. The van der Waals surface area contributed by atoms with Crippen LogP contribution in [0, 0.1) is 0 Å². The molecule has 0 N–H and O–H groups in total. The summed E-state index contributed by atoms with van der Waals surface area (Å²) in [5.41, 5.74) is 18.8. The van der Waals surface area contributed by atoms with Gasteiger partial charge in [-0.15, -0.1) is 0 Å². The highest BCUT2D eigenvalue weighted by molar-refractivity contribution is 6.22. The molecule has 0 unspecified atom stereocenters. The van der Waals surface area contributed by atoms with Crippen molar-refractivity contribution in [2.24, 2.45) is 0 Å². The molecule has 1 heterocycles. The number of aromatic nitrogens is 1. The number of rotatable bonds is 5. The molecule has 1 aliphatic rings. The minimum atomic E-state index is -0.0753. The third kappa shape index (κ3) is 5.19. The Hall–Kier alpha value is -7.48. The van der Waals surface area contributed by atoms with Crippen molar-refractivity contribution >= 4 is 43.4 Å². The van der Waals surface area contributed by atoms with Crippen LogP contribution in [0.4, 0.5) is 0 Å². The van der Waals surface area contributed by atoms with E-state index < -0.39 is 0 Å². The van der Waals surface area contributed by atoms with Gasteiger partial charge in [-0.25, -0.2) is 0 Å². The van der Waals surface area contributed by atoms with Gasteiger partial charge in [0.05, 0.1) is 11.0 Å². The van der Waals surface area contributed by atoms with Crippen LogP contribution in [0.2, 0.25) is 0 Å². The summed E-state index contributed by atoms with van der Waals surface area (Å²) < 4.78 is 2.46. The van der Waals surface area contributed by atoms with E-state index in [1.807, 2.05) is 0 Å². The van der Waals surface area contributed by atoms with Crippen molar-refractivity contribution in [3.8, 4) is 61.3 Å². The molecule has 0 spiro atoms. The zero-order valence-corrected chi connectivity index (χ0v) is 33.7. The molecule has 0 radical (unpaired) electrons. The van der Waals surface area contributed by atoms with Crippen LogP contribution in [0.3, 0.4) is 0 Å². The van der Waals surface area contributed by atoms with E-state index in [9.17, 15) is 0 Å².